The van der Waals surface area contributed by atoms with Crippen LogP contribution in [0.15, 0.2) is 24.3 Å². The maximum Gasteiger partial charge on any atom is 0.306 e. The van der Waals surface area contributed by atoms with Crippen molar-refractivity contribution in [3.8, 4) is 5.75 Å². The second kappa shape index (κ2) is 17.8. The van der Waals surface area contributed by atoms with E-state index in [2.05, 4.69) is 6.92 Å². The van der Waals surface area contributed by atoms with Crippen LogP contribution in [0.25, 0.3) is 0 Å². The van der Waals surface area contributed by atoms with Crippen molar-refractivity contribution < 1.29 is 23.8 Å². The molecule has 0 radical (unpaired) electrons. The van der Waals surface area contributed by atoms with Gasteiger partial charge in [0, 0.05) is 18.4 Å². The molecule has 5 nitrogen and oxygen atoms in total. The summed E-state index contributed by atoms with van der Waals surface area (Å²) in [5, 5.41) is 0. The Morgan fingerprint density at radius 1 is 0.733 bits per heavy atom. The van der Waals surface area contributed by atoms with E-state index in [9.17, 15) is 9.59 Å². The van der Waals surface area contributed by atoms with E-state index >= 15 is 0 Å². The lowest BCUT2D eigenvalue weighted by molar-refractivity contribution is -0.145. The normalized spacial score (nSPS) is 10.6. The first kappa shape index (κ1) is 26.0. The van der Waals surface area contributed by atoms with Crippen molar-refractivity contribution in [1.29, 1.82) is 0 Å². The fourth-order valence-electron chi connectivity index (χ4n) is 3.26. The van der Waals surface area contributed by atoms with E-state index in [1.807, 2.05) is 24.3 Å². The number of hydrogen-bond acceptors (Lipinski definition) is 5. The van der Waals surface area contributed by atoms with Crippen molar-refractivity contribution in [2.24, 2.45) is 0 Å². The summed E-state index contributed by atoms with van der Waals surface area (Å²) in [5.74, 6) is 0.503. The third-order valence-corrected chi connectivity index (χ3v) is 5.10. The van der Waals surface area contributed by atoms with Gasteiger partial charge < -0.3 is 14.2 Å². The van der Waals surface area contributed by atoms with Crippen LogP contribution >= 0.6 is 0 Å². The zero-order valence-electron chi connectivity index (χ0n) is 19.0. The fraction of sp³-hybridized carbons (Fsp3) is 0.680. The molecule has 0 spiro atoms. The van der Waals surface area contributed by atoms with Crippen LogP contribution in [-0.2, 0) is 25.7 Å². The molecule has 1 aromatic carbocycles. The quantitative estimate of drug-likeness (QED) is 0.204. The molecular formula is C25H40O5. The maximum atomic E-state index is 11.9. The Labute approximate surface area is 182 Å². The summed E-state index contributed by atoms with van der Waals surface area (Å²) in [4.78, 5) is 23.5. The highest BCUT2D eigenvalue weighted by Crippen LogP contribution is 2.18. The van der Waals surface area contributed by atoms with Gasteiger partial charge in [-0.2, -0.15) is 0 Å². The molecule has 170 valence electrons. The highest BCUT2D eigenvalue weighted by atomic mass is 16.5. The molecule has 0 heterocycles. The number of esters is 2. The van der Waals surface area contributed by atoms with Gasteiger partial charge in [-0.15, -0.1) is 0 Å². The third-order valence-electron chi connectivity index (χ3n) is 5.10. The molecule has 0 saturated heterocycles. The topological polar surface area (TPSA) is 61.8 Å². The highest BCUT2D eigenvalue weighted by molar-refractivity contribution is 5.69. The zero-order chi connectivity index (χ0) is 21.9. The molecule has 30 heavy (non-hydrogen) atoms. The molecule has 1 aromatic rings. The van der Waals surface area contributed by atoms with Crippen molar-refractivity contribution in [2.45, 2.75) is 97.0 Å². The Balaban J connectivity index is 1.92. The van der Waals surface area contributed by atoms with Gasteiger partial charge in [0.1, 0.15) is 12.4 Å². The summed E-state index contributed by atoms with van der Waals surface area (Å²) in [5.41, 5.74) is 0.878. The fourth-order valence-corrected chi connectivity index (χ4v) is 3.26. The number of rotatable bonds is 18. The molecule has 0 amide bonds. The van der Waals surface area contributed by atoms with E-state index in [1.165, 1.54) is 19.3 Å². The number of hydrogen-bond donors (Lipinski definition) is 0. The molecule has 0 N–H and O–H groups in total. The number of carbonyl (C=O) groups excluding carboxylic acids is 2. The second-order valence-electron chi connectivity index (χ2n) is 7.73. The van der Waals surface area contributed by atoms with Gasteiger partial charge in [0.15, 0.2) is 0 Å². The van der Waals surface area contributed by atoms with Gasteiger partial charge in [-0.05, 0) is 25.3 Å². The first-order valence-electron chi connectivity index (χ1n) is 11.6. The van der Waals surface area contributed by atoms with Gasteiger partial charge in [0.25, 0.3) is 0 Å². The number of unbranched alkanes of at least 4 members (excludes halogenated alkanes) is 9. The average Bonchev–Trinajstić information content (AvgIpc) is 2.76. The molecule has 0 aliphatic carbocycles. The molecule has 0 unspecified atom stereocenters. The molecular weight excluding hydrogens is 380 g/mol. The lowest BCUT2D eigenvalue weighted by atomic mass is 10.1. The Kier molecular flexibility index (Phi) is 15.4. The van der Waals surface area contributed by atoms with Crippen molar-refractivity contribution in [3.63, 3.8) is 0 Å². The molecule has 0 bridgehead atoms. The van der Waals surface area contributed by atoms with Crippen molar-refractivity contribution in [1.82, 2.24) is 0 Å². The van der Waals surface area contributed by atoms with E-state index in [0.717, 1.165) is 62.7 Å². The molecule has 0 atom stereocenters. The number of methoxy groups -OCH3 is 1. The number of carbonyl (C=O) groups is 2. The van der Waals surface area contributed by atoms with Crippen LogP contribution in [-0.4, -0.2) is 25.7 Å². The molecule has 5 heteroatoms. The van der Waals surface area contributed by atoms with Crippen LogP contribution in [0.4, 0.5) is 0 Å². The Bertz CT molecular complexity index is 585. The summed E-state index contributed by atoms with van der Waals surface area (Å²) >= 11 is 0. The Hall–Kier alpha value is -2.04. The number of para-hydroxylation sites is 1. The Morgan fingerprint density at radius 3 is 1.97 bits per heavy atom. The van der Waals surface area contributed by atoms with Crippen molar-refractivity contribution in [3.05, 3.63) is 29.8 Å². The first-order valence-corrected chi connectivity index (χ1v) is 11.6. The second-order valence-corrected chi connectivity index (χ2v) is 7.73. The largest absolute Gasteiger partial charge is 0.496 e. The maximum absolute atomic E-state index is 11.9. The number of benzene rings is 1. The predicted octanol–water partition coefficient (Wildman–Crippen LogP) is 6.37. The third kappa shape index (κ3) is 13.2. The molecule has 0 aliphatic heterocycles. The van der Waals surface area contributed by atoms with Gasteiger partial charge in [0.05, 0.1) is 13.7 Å². The summed E-state index contributed by atoms with van der Waals surface area (Å²) in [6, 6.07) is 7.55. The van der Waals surface area contributed by atoms with Gasteiger partial charge in [-0.25, -0.2) is 0 Å². The minimum atomic E-state index is -0.168. The van der Waals surface area contributed by atoms with Crippen LogP contribution in [0.2, 0.25) is 0 Å². The lowest BCUT2D eigenvalue weighted by Gasteiger charge is -2.09. The molecule has 1 rings (SSSR count). The monoisotopic (exact) mass is 420 g/mol. The highest BCUT2D eigenvalue weighted by Gasteiger charge is 2.07. The Morgan fingerprint density at radius 2 is 1.30 bits per heavy atom. The predicted molar refractivity (Wildman–Crippen MR) is 119 cm³/mol. The smallest absolute Gasteiger partial charge is 0.306 e. The first-order chi connectivity index (χ1) is 14.7. The van der Waals surface area contributed by atoms with Crippen molar-refractivity contribution >= 4 is 11.9 Å². The summed E-state index contributed by atoms with van der Waals surface area (Å²) < 4.78 is 15.9. The number of ether oxygens (including phenoxy) is 3. The zero-order valence-corrected chi connectivity index (χ0v) is 19.0. The van der Waals surface area contributed by atoms with Crippen LogP contribution < -0.4 is 4.74 Å². The average molecular weight is 421 g/mol. The van der Waals surface area contributed by atoms with Gasteiger partial charge in [0.2, 0.25) is 0 Å². The molecule has 0 aliphatic rings. The summed E-state index contributed by atoms with van der Waals surface area (Å²) in [6.07, 6.45) is 12.7. The van der Waals surface area contributed by atoms with Gasteiger partial charge in [-0.3, -0.25) is 9.59 Å². The van der Waals surface area contributed by atoms with E-state index in [4.69, 9.17) is 14.2 Å². The van der Waals surface area contributed by atoms with E-state index in [1.54, 1.807) is 7.11 Å². The minimum Gasteiger partial charge on any atom is -0.496 e. The van der Waals surface area contributed by atoms with E-state index in [-0.39, 0.29) is 18.5 Å². The van der Waals surface area contributed by atoms with Crippen LogP contribution in [0.3, 0.4) is 0 Å². The van der Waals surface area contributed by atoms with Crippen molar-refractivity contribution in [2.75, 3.05) is 13.7 Å². The van der Waals surface area contributed by atoms with E-state index < -0.39 is 0 Å². The lowest BCUT2D eigenvalue weighted by Crippen LogP contribution is -2.05. The molecule has 0 aromatic heterocycles. The molecule has 0 saturated carbocycles. The standard InChI is InChI=1S/C25H40O5/c1-3-4-5-10-15-20-29-24(26)18-11-8-6-7-9-12-19-25(27)30-21-22-16-13-14-17-23(22)28-2/h13-14,16-17H,3-12,15,18-21H2,1-2H3. The van der Waals surface area contributed by atoms with Crippen LogP contribution in [0, 0.1) is 0 Å². The van der Waals surface area contributed by atoms with Crippen LogP contribution in [0.5, 0.6) is 5.75 Å². The van der Waals surface area contributed by atoms with Gasteiger partial charge in [-0.1, -0.05) is 76.5 Å². The SMILES string of the molecule is CCCCCCCOC(=O)CCCCCCCCC(=O)OCc1ccccc1OC. The summed E-state index contributed by atoms with van der Waals surface area (Å²) in [7, 11) is 1.61. The van der Waals surface area contributed by atoms with E-state index in [0.29, 0.717) is 19.4 Å². The minimum absolute atomic E-state index is 0.0664. The summed E-state index contributed by atoms with van der Waals surface area (Å²) in [6.45, 7) is 3.01. The van der Waals surface area contributed by atoms with Gasteiger partial charge >= 0.3 is 11.9 Å². The van der Waals surface area contributed by atoms with Crippen LogP contribution in [0.1, 0.15) is 96.0 Å². The molecule has 0 fully saturated rings.